The maximum atomic E-state index is 13.2. The van der Waals surface area contributed by atoms with E-state index in [1.54, 1.807) is 29.2 Å². The molecule has 0 spiro atoms. The van der Waals surface area contributed by atoms with Crippen molar-refractivity contribution >= 4 is 30.1 Å². The predicted octanol–water partition coefficient (Wildman–Crippen LogP) is 3.95. The summed E-state index contributed by atoms with van der Waals surface area (Å²) in [7, 11) is 1.28. The van der Waals surface area contributed by atoms with E-state index < -0.39 is 17.7 Å². The van der Waals surface area contributed by atoms with Crippen LogP contribution in [0, 0.1) is 0 Å². The van der Waals surface area contributed by atoms with Gasteiger partial charge in [-0.25, -0.2) is 9.59 Å². The number of piperazine rings is 1. The van der Waals surface area contributed by atoms with Crippen LogP contribution in [-0.2, 0) is 17.5 Å². The van der Waals surface area contributed by atoms with Crippen molar-refractivity contribution in [2.75, 3.05) is 38.2 Å². The number of hydrogen-bond donors (Lipinski definition) is 1. The van der Waals surface area contributed by atoms with E-state index in [1.807, 2.05) is 0 Å². The first-order chi connectivity index (χ1) is 14.3. The van der Waals surface area contributed by atoms with Gasteiger partial charge in [-0.15, -0.1) is 12.4 Å². The van der Waals surface area contributed by atoms with Crippen molar-refractivity contribution in [1.82, 2.24) is 10.2 Å². The van der Waals surface area contributed by atoms with Crippen LogP contribution in [0.25, 0.3) is 0 Å². The molecular formula is C21H23ClF3N3O3. The normalized spacial score (nSPS) is 13.9. The smallest absolute Gasteiger partial charge is 0.416 e. The molecule has 10 heteroatoms. The summed E-state index contributed by atoms with van der Waals surface area (Å²) in [5.41, 5.74) is 0.355. The molecule has 2 aromatic carbocycles. The molecule has 6 nitrogen and oxygen atoms in total. The van der Waals surface area contributed by atoms with E-state index in [9.17, 15) is 22.8 Å². The van der Waals surface area contributed by atoms with Crippen molar-refractivity contribution in [2.45, 2.75) is 12.7 Å². The third kappa shape index (κ3) is 6.11. The first kappa shape index (κ1) is 24.5. The summed E-state index contributed by atoms with van der Waals surface area (Å²) in [6.07, 6.45) is -4.51. The maximum absolute atomic E-state index is 13.2. The minimum absolute atomic E-state index is 0. The third-order valence-electron chi connectivity index (χ3n) is 4.82. The second kappa shape index (κ2) is 10.5. The predicted molar refractivity (Wildman–Crippen MR) is 112 cm³/mol. The molecule has 0 radical (unpaired) electrons. The van der Waals surface area contributed by atoms with Crippen LogP contribution in [0.15, 0.2) is 48.5 Å². The molecule has 1 aliphatic heterocycles. The first-order valence-electron chi connectivity index (χ1n) is 9.41. The number of halogens is 4. The average molecular weight is 458 g/mol. The molecule has 0 aromatic heterocycles. The molecule has 31 heavy (non-hydrogen) atoms. The van der Waals surface area contributed by atoms with E-state index in [1.165, 1.54) is 24.1 Å². The van der Waals surface area contributed by atoms with Gasteiger partial charge in [0.15, 0.2) is 0 Å². The Kier molecular flexibility index (Phi) is 8.29. The molecule has 0 bridgehead atoms. The quantitative estimate of drug-likeness (QED) is 0.706. The molecule has 1 aliphatic rings. The van der Waals surface area contributed by atoms with E-state index in [0.717, 1.165) is 12.1 Å². The summed E-state index contributed by atoms with van der Waals surface area (Å²) in [5, 5.41) is 3.14. The van der Waals surface area contributed by atoms with E-state index in [-0.39, 0.29) is 30.7 Å². The summed E-state index contributed by atoms with van der Waals surface area (Å²) in [5.74, 6) is -0.492. The topological polar surface area (TPSA) is 61.9 Å². The van der Waals surface area contributed by atoms with Gasteiger partial charge in [-0.1, -0.05) is 18.2 Å². The van der Waals surface area contributed by atoms with Crippen molar-refractivity contribution in [3.63, 3.8) is 0 Å². The van der Waals surface area contributed by atoms with Crippen LogP contribution < -0.4 is 10.2 Å². The highest BCUT2D eigenvalue weighted by Crippen LogP contribution is 2.32. The Labute approximate surface area is 184 Å². The lowest BCUT2D eigenvalue weighted by Gasteiger charge is -2.33. The summed E-state index contributed by atoms with van der Waals surface area (Å²) in [6, 6.07) is 10.8. The van der Waals surface area contributed by atoms with Gasteiger partial charge in [0.2, 0.25) is 0 Å². The van der Waals surface area contributed by atoms with Gasteiger partial charge in [-0.3, -0.25) is 4.90 Å². The number of methoxy groups -OCH3 is 1. The second-order valence-corrected chi connectivity index (χ2v) is 6.84. The number of nitrogens with zero attached hydrogens (tertiary/aromatic N) is 2. The van der Waals surface area contributed by atoms with Crippen LogP contribution in [0.4, 0.5) is 23.7 Å². The van der Waals surface area contributed by atoms with Crippen LogP contribution in [0.2, 0.25) is 0 Å². The molecule has 1 fully saturated rings. The Hall–Kier alpha value is -2.78. The zero-order valence-corrected chi connectivity index (χ0v) is 17.6. The molecule has 1 N–H and O–H groups in total. The number of amides is 2. The van der Waals surface area contributed by atoms with Gasteiger partial charge in [0, 0.05) is 31.9 Å². The number of ether oxygens (including phenoxy) is 1. The molecule has 0 atom stereocenters. The van der Waals surface area contributed by atoms with Crippen LogP contribution in [0.3, 0.4) is 0 Å². The van der Waals surface area contributed by atoms with Gasteiger partial charge in [0.05, 0.1) is 24.8 Å². The summed E-state index contributed by atoms with van der Waals surface area (Å²) in [6.45, 7) is 2.24. The fraction of sp³-hybridized carbons (Fsp3) is 0.333. The first-order valence-corrected chi connectivity index (χ1v) is 9.41. The Morgan fingerprint density at radius 3 is 2.32 bits per heavy atom. The van der Waals surface area contributed by atoms with Gasteiger partial charge in [-0.05, 0) is 35.9 Å². The summed E-state index contributed by atoms with van der Waals surface area (Å²) in [4.78, 5) is 27.7. The minimum Gasteiger partial charge on any atom is -0.465 e. The highest BCUT2D eigenvalue weighted by molar-refractivity contribution is 5.92. The fourth-order valence-corrected chi connectivity index (χ4v) is 3.19. The van der Waals surface area contributed by atoms with E-state index in [2.05, 4.69) is 10.1 Å². The molecule has 168 valence electrons. The Morgan fingerprint density at radius 2 is 1.74 bits per heavy atom. The molecule has 1 saturated heterocycles. The number of rotatable bonds is 4. The Balaban J connectivity index is 0.00000341. The van der Waals surface area contributed by atoms with Gasteiger partial charge in [0.25, 0.3) is 0 Å². The van der Waals surface area contributed by atoms with Crippen LogP contribution >= 0.6 is 12.4 Å². The number of nitrogens with one attached hydrogen (secondary N) is 1. The van der Waals surface area contributed by atoms with Gasteiger partial charge in [0.1, 0.15) is 0 Å². The number of esters is 1. The highest BCUT2D eigenvalue weighted by Gasteiger charge is 2.32. The molecule has 0 saturated carbocycles. The van der Waals surface area contributed by atoms with Crippen molar-refractivity contribution in [3.8, 4) is 0 Å². The lowest BCUT2D eigenvalue weighted by molar-refractivity contribution is -0.137. The molecule has 0 aliphatic carbocycles. The lowest BCUT2D eigenvalue weighted by atomic mass is 10.1. The van der Waals surface area contributed by atoms with Gasteiger partial charge in [-0.2, -0.15) is 13.2 Å². The van der Waals surface area contributed by atoms with E-state index in [4.69, 9.17) is 0 Å². The Morgan fingerprint density at radius 1 is 1.10 bits per heavy atom. The zero-order chi connectivity index (χ0) is 21.7. The molecular weight excluding hydrogens is 435 g/mol. The number of hydrogen-bond acceptors (Lipinski definition) is 4. The number of anilines is 1. The van der Waals surface area contributed by atoms with Crippen LogP contribution in [0.1, 0.15) is 21.5 Å². The van der Waals surface area contributed by atoms with Gasteiger partial charge < -0.3 is 15.0 Å². The largest absolute Gasteiger partial charge is 0.465 e. The fourth-order valence-electron chi connectivity index (χ4n) is 3.19. The molecule has 0 unspecified atom stereocenters. The summed E-state index contributed by atoms with van der Waals surface area (Å²) >= 11 is 0. The highest BCUT2D eigenvalue weighted by atomic mass is 35.5. The van der Waals surface area contributed by atoms with Crippen LogP contribution in [-0.4, -0.2) is 50.2 Å². The monoisotopic (exact) mass is 457 g/mol. The second-order valence-electron chi connectivity index (χ2n) is 6.84. The number of alkyl halides is 3. The molecule has 3 rings (SSSR count). The average Bonchev–Trinajstić information content (AvgIpc) is 2.77. The SMILES string of the molecule is COC(=O)c1ccc(CN(C(=O)N2CCNCC2)c2cccc(C(F)(F)F)c2)cc1.Cl. The maximum Gasteiger partial charge on any atom is 0.416 e. The van der Waals surface area contributed by atoms with Crippen LogP contribution in [0.5, 0.6) is 0 Å². The number of carbonyl (C=O) groups excluding carboxylic acids is 2. The summed E-state index contributed by atoms with van der Waals surface area (Å²) < 4.78 is 44.3. The van der Waals surface area contributed by atoms with Crippen molar-refractivity contribution in [3.05, 3.63) is 65.2 Å². The Bertz CT molecular complexity index is 901. The number of benzene rings is 2. The van der Waals surface area contributed by atoms with E-state index >= 15 is 0 Å². The van der Waals surface area contributed by atoms with Crippen molar-refractivity contribution in [2.24, 2.45) is 0 Å². The number of carbonyl (C=O) groups is 2. The minimum atomic E-state index is -4.51. The molecule has 2 amide bonds. The van der Waals surface area contributed by atoms with Gasteiger partial charge >= 0.3 is 18.2 Å². The van der Waals surface area contributed by atoms with E-state index in [0.29, 0.717) is 37.3 Å². The molecule has 2 aromatic rings. The third-order valence-corrected chi connectivity index (χ3v) is 4.82. The molecule has 1 heterocycles. The van der Waals surface area contributed by atoms with Crippen molar-refractivity contribution < 1.29 is 27.5 Å². The lowest BCUT2D eigenvalue weighted by Crippen LogP contribution is -2.51. The standard InChI is InChI=1S/C21H22F3N3O3.ClH/c1-30-19(28)16-7-5-15(6-8-16)14-27(20(29)26-11-9-25-10-12-26)18-4-2-3-17(13-18)21(22,23)24;/h2-8,13,25H,9-12,14H2,1H3;1H. The number of urea groups is 1. The van der Waals surface area contributed by atoms with Crippen molar-refractivity contribution in [1.29, 1.82) is 0 Å². The zero-order valence-electron chi connectivity index (χ0n) is 16.8.